The summed E-state index contributed by atoms with van der Waals surface area (Å²) >= 11 is 0. The summed E-state index contributed by atoms with van der Waals surface area (Å²) in [7, 11) is 1.71. The number of ether oxygens (including phenoxy) is 1. The van der Waals surface area contributed by atoms with E-state index in [4.69, 9.17) is 4.74 Å². The molecule has 1 saturated carbocycles. The van der Waals surface area contributed by atoms with Crippen molar-refractivity contribution in [3.63, 3.8) is 0 Å². The molecule has 2 aromatic carbocycles. The molecule has 5 heteroatoms. The number of piperazine rings is 1. The second-order valence-corrected chi connectivity index (χ2v) is 8.86. The van der Waals surface area contributed by atoms with Crippen LogP contribution in [0.4, 0.5) is 0 Å². The summed E-state index contributed by atoms with van der Waals surface area (Å²) in [5.41, 5.74) is 3.62. The van der Waals surface area contributed by atoms with Crippen molar-refractivity contribution in [2.75, 3.05) is 26.7 Å². The van der Waals surface area contributed by atoms with Crippen molar-refractivity contribution in [1.82, 2.24) is 15.5 Å². The van der Waals surface area contributed by atoms with Crippen molar-refractivity contribution in [3.05, 3.63) is 59.2 Å². The first kappa shape index (κ1) is 21.2. The van der Waals surface area contributed by atoms with Crippen LogP contribution in [0.15, 0.2) is 42.5 Å². The van der Waals surface area contributed by atoms with Crippen LogP contribution in [0.25, 0.3) is 0 Å². The zero-order valence-corrected chi connectivity index (χ0v) is 18.3. The first-order chi connectivity index (χ1) is 14.6. The van der Waals surface area contributed by atoms with Gasteiger partial charge in [0.05, 0.1) is 7.11 Å². The number of phenolic OH excluding ortho intramolecular Hbond substituents is 1. The first-order valence-electron chi connectivity index (χ1n) is 11.2. The predicted molar refractivity (Wildman–Crippen MR) is 121 cm³/mol. The average Bonchev–Trinajstić information content (AvgIpc) is 3.26. The molecule has 1 aliphatic carbocycles. The highest BCUT2D eigenvalue weighted by atomic mass is 16.5. The molecule has 2 aliphatic rings. The highest BCUT2D eigenvalue weighted by Crippen LogP contribution is 2.39. The van der Waals surface area contributed by atoms with Gasteiger partial charge in [-0.05, 0) is 55.2 Å². The topological polar surface area (TPSA) is 56.8 Å². The maximum atomic E-state index is 10.4. The first-order valence-corrected chi connectivity index (χ1v) is 11.2. The third kappa shape index (κ3) is 4.64. The van der Waals surface area contributed by atoms with Crippen LogP contribution in [0.5, 0.6) is 11.5 Å². The van der Waals surface area contributed by atoms with Crippen molar-refractivity contribution >= 4 is 0 Å². The highest BCUT2D eigenvalue weighted by Gasteiger charge is 2.35. The normalized spacial score (nSPS) is 21.6. The third-order valence-corrected chi connectivity index (χ3v) is 6.89. The molecule has 5 nitrogen and oxygen atoms in total. The summed E-state index contributed by atoms with van der Waals surface area (Å²) in [6.45, 7) is 6.88. The van der Waals surface area contributed by atoms with E-state index >= 15 is 0 Å². The van der Waals surface area contributed by atoms with Crippen LogP contribution in [-0.2, 0) is 18.6 Å². The summed E-state index contributed by atoms with van der Waals surface area (Å²) in [4.78, 5) is 2.44. The quantitative estimate of drug-likeness (QED) is 0.650. The lowest BCUT2D eigenvalue weighted by Crippen LogP contribution is -2.49. The SMILES string of the molecule is COc1ccc(C2(NCc3ccc(O)c(CN4CCNCC4C)c3)CCCC2)cc1. The van der Waals surface area contributed by atoms with Crippen LogP contribution in [0.2, 0.25) is 0 Å². The molecule has 0 bridgehead atoms. The number of hydrogen-bond acceptors (Lipinski definition) is 5. The number of hydrogen-bond donors (Lipinski definition) is 3. The van der Waals surface area contributed by atoms with Crippen molar-refractivity contribution < 1.29 is 9.84 Å². The Hall–Kier alpha value is -2.08. The van der Waals surface area contributed by atoms with Crippen molar-refractivity contribution in [3.8, 4) is 11.5 Å². The van der Waals surface area contributed by atoms with Crippen LogP contribution >= 0.6 is 0 Å². The minimum Gasteiger partial charge on any atom is -0.508 e. The second kappa shape index (κ2) is 9.38. The Bertz CT molecular complexity index is 831. The fourth-order valence-electron chi connectivity index (χ4n) is 4.94. The fraction of sp³-hybridized carbons (Fsp3) is 0.520. The highest BCUT2D eigenvalue weighted by molar-refractivity contribution is 5.37. The van der Waals surface area contributed by atoms with Gasteiger partial charge >= 0.3 is 0 Å². The van der Waals surface area contributed by atoms with E-state index in [1.807, 2.05) is 12.1 Å². The number of nitrogens with one attached hydrogen (secondary N) is 2. The molecule has 1 aliphatic heterocycles. The predicted octanol–water partition coefficient (Wildman–Crippen LogP) is 3.75. The Morgan fingerprint density at radius 2 is 1.93 bits per heavy atom. The van der Waals surface area contributed by atoms with E-state index in [1.54, 1.807) is 7.11 Å². The molecule has 0 spiro atoms. The summed E-state index contributed by atoms with van der Waals surface area (Å²) in [5, 5.41) is 17.7. The Kier molecular flexibility index (Phi) is 6.61. The van der Waals surface area contributed by atoms with Crippen molar-refractivity contribution in [2.24, 2.45) is 0 Å². The Labute approximate surface area is 180 Å². The molecule has 3 N–H and O–H groups in total. The lowest BCUT2D eigenvalue weighted by Gasteiger charge is -2.34. The van der Waals surface area contributed by atoms with Gasteiger partial charge in [-0.25, -0.2) is 0 Å². The van der Waals surface area contributed by atoms with E-state index in [-0.39, 0.29) is 5.54 Å². The fourth-order valence-corrected chi connectivity index (χ4v) is 4.94. The van der Waals surface area contributed by atoms with Gasteiger partial charge in [-0.15, -0.1) is 0 Å². The zero-order valence-electron chi connectivity index (χ0n) is 18.3. The Balaban J connectivity index is 1.47. The molecule has 162 valence electrons. The lowest BCUT2D eigenvalue weighted by atomic mass is 9.87. The molecule has 0 amide bonds. The van der Waals surface area contributed by atoms with Gasteiger partial charge in [-0.2, -0.15) is 0 Å². The van der Waals surface area contributed by atoms with E-state index in [0.29, 0.717) is 11.8 Å². The molecular formula is C25H35N3O2. The van der Waals surface area contributed by atoms with E-state index in [2.05, 4.69) is 52.8 Å². The summed E-state index contributed by atoms with van der Waals surface area (Å²) in [6.07, 6.45) is 4.81. The number of aromatic hydroxyl groups is 1. The summed E-state index contributed by atoms with van der Waals surface area (Å²) < 4.78 is 5.34. The minimum absolute atomic E-state index is 0.0252. The van der Waals surface area contributed by atoms with Gasteiger partial charge in [-0.3, -0.25) is 4.90 Å². The smallest absolute Gasteiger partial charge is 0.120 e. The lowest BCUT2D eigenvalue weighted by molar-refractivity contribution is 0.164. The Morgan fingerprint density at radius 1 is 1.17 bits per heavy atom. The zero-order chi connectivity index (χ0) is 21.0. The third-order valence-electron chi connectivity index (χ3n) is 6.89. The number of rotatable bonds is 7. The Morgan fingerprint density at radius 3 is 2.63 bits per heavy atom. The molecule has 1 saturated heterocycles. The van der Waals surface area contributed by atoms with Gasteiger partial charge < -0.3 is 20.5 Å². The number of nitrogens with zero attached hydrogens (tertiary/aromatic N) is 1. The van der Waals surface area contributed by atoms with Crippen LogP contribution in [0.3, 0.4) is 0 Å². The molecule has 30 heavy (non-hydrogen) atoms. The van der Waals surface area contributed by atoms with Crippen LogP contribution in [0.1, 0.15) is 49.3 Å². The maximum absolute atomic E-state index is 10.4. The summed E-state index contributed by atoms with van der Waals surface area (Å²) in [6, 6.07) is 15.1. The van der Waals surface area contributed by atoms with Crippen LogP contribution in [-0.4, -0.2) is 42.8 Å². The maximum Gasteiger partial charge on any atom is 0.120 e. The average molecular weight is 410 g/mol. The van der Waals surface area contributed by atoms with Gasteiger partial charge in [0.25, 0.3) is 0 Å². The molecule has 0 aromatic heterocycles. The number of phenols is 1. The van der Waals surface area contributed by atoms with Gasteiger partial charge in [0.1, 0.15) is 11.5 Å². The van der Waals surface area contributed by atoms with Gasteiger partial charge in [0.15, 0.2) is 0 Å². The number of benzene rings is 2. The van der Waals surface area contributed by atoms with Gasteiger partial charge in [0.2, 0.25) is 0 Å². The van der Waals surface area contributed by atoms with E-state index < -0.39 is 0 Å². The summed E-state index contributed by atoms with van der Waals surface area (Å²) in [5.74, 6) is 1.30. The van der Waals surface area contributed by atoms with E-state index in [9.17, 15) is 5.11 Å². The standard InChI is InChI=1S/C25H35N3O2/c1-19-16-26-13-14-28(19)18-21-15-20(5-10-24(21)29)17-27-25(11-3-4-12-25)22-6-8-23(30-2)9-7-22/h5-10,15,19,26-27,29H,3-4,11-14,16-18H2,1-2H3. The second-order valence-electron chi connectivity index (χ2n) is 8.86. The van der Waals surface area contributed by atoms with Crippen molar-refractivity contribution in [2.45, 2.75) is 57.3 Å². The molecular weight excluding hydrogens is 374 g/mol. The minimum atomic E-state index is 0.0252. The molecule has 1 atom stereocenters. The molecule has 4 rings (SSSR count). The van der Waals surface area contributed by atoms with E-state index in [0.717, 1.165) is 56.9 Å². The van der Waals surface area contributed by atoms with Gasteiger partial charge in [-0.1, -0.05) is 31.0 Å². The molecule has 2 fully saturated rings. The van der Waals surface area contributed by atoms with Gasteiger partial charge in [0, 0.05) is 49.9 Å². The van der Waals surface area contributed by atoms with Crippen LogP contribution in [0, 0.1) is 0 Å². The molecule has 1 unspecified atom stereocenters. The largest absolute Gasteiger partial charge is 0.508 e. The molecule has 1 heterocycles. The molecule has 2 aromatic rings. The van der Waals surface area contributed by atoms with Crippen LogP contribution < -0.4 is 15.4 Å². The van der Waals surface area contributed by atoms with Crippen molar-refractivity contribution in [1.29, 1.82) is 0 Å². The number of methoxy groups -OCH3 is 1. The van der Waals surface area contributed by atoms with E-state index in [1.165, 1.54) is 24.0 Å². The monoisotopic (exact) mass is 409 g/mol. The molecule has 0 radical (unpaired) electrons.